The molecule has 6 nitrogen and oxygen atoms in total. The van der Waals surface area contributed by atoms with Crippen molar-refractivity contribution in [2.45, 2.75) is 0 Å². The number of sulfonamides is 1. The van der Waals surface area contributed by atoms with Crippen LogP contribution in [0.1, 0.15) is 0 Å². The second-order valence-corrected chi connectivity index (χ2v) is 7.24. The van der Waals surface area contributed by atoms with Crippen molar-refractivity contribution in [1.82, 2.24) is 5.32 Å². The van der Waals surface area contributed by atoms with E-state index in [1.807, 2.05) is 0 Å². The summed E-state index contributed by atoms with van der Waals surface area (Å²) in [5.41, 5.74) is 0.467. The van der Waals surface area contributed by atoms with E-state index in [4.69, 9.17) is 4.74 Å². The zero-order valence-electron chi connectivity index (χ0n) is 11.3. The molecular weight excluding hydrogens is 395 g/mol. The lowest BCUT2D eigenvalue weighted by Crippen LogP contribution is -2.41. The predicted octanol–water partition coefficient (Wildman–Crippen LogP) is 0.820. The largest absolute Gasteiger partial charge is 0.383 e. The SMILES string of the molecule is COCCNC(=O)CN(c1ccc(I)cc1)S(C)(=O)=O. The number of carbonyl (C=O) groups is 1. The molecule has 0 aliphatic heterocycles. The normalized spacial score (nSPS) is 11.2. The van der Waals surface area contributed by atoms with Crippen LogP contribution in [-0.4, -0.2) is 47.4 Å². The van der Waals surface area contributed by atoms with Gasteiger partial charge < -0.3 is 10.1 Å². The Labute approximate surface area is 132 Å². The summed E-state index contributed by atoms with van der Waals surface area (Å²) in [4.78, 5) is 11.7. The van der Waals surface area contributed by atoms with Crippen LogP contribution < -0.4 is 9.62 Å². The first-order chi connectivity index (χ1) is 9.34. The van der Waals surface area contributed by atoms with Crippen LogP contribution in [0.15, 0.2) is 24.3 Å². The number of hydrogen-bond donors (Lipinski definition) is 1. The standard InChI is InChI=1S/C12H17IN2O4S/c1-19-8-7-14-12(16)9-15(20(2,17)18)11-5-3-10(13)4-6-11/h3-6H,7-9H2,1-2H3,(H,14,16). The highest BCUT2D eigenvalue weighted by Gasteiger charge is 2.20. The van der Waals surface area contributed by atoms with Crippen LogP contribution in [-0.2, 0) is 19.6 Å². The third-order valence-electron chi connectivity index (χ3n) is 2.43. The molecule has 20 heavy (non-hydrogen) atoms. The van der Waals surface area contributed by atoms with Crippen LogP contribution in [0.5, 0.6) is 0 Å². The third kappa shape index (κ3) is 5.63. The van der Waals surface area contributed by atoms with Crippen molar-refractivity contribution >= 4 is 44.2 Å². The Morgan fingerprint density at radius 2 is 1.95 bits per heavy atom. The molecule has 0 spiro atoms. The molecular formula is C12H17IN2O4S. The lowest BCUT2D eigenvalue weighted by atomic mass is 10.3. The number of halogens is 1. The number of methoxy groups -OCH3 is 1. The molecule has 112 valence electrons. The molecule has 0 saturated heterocycles. The van der Waals surface area contributed by atoms with E-state index in [0.29, 0.717) is 18.8 Å². The minimum atomic E-state index is -3.52. The molecule has 0 fully saturated rings. The summed E-state index contributed by atoms with van der Waals surface area (Å²) in [5, 5.41) is 2.60. The number of ether oxygens (including phenoxy) is 1. The van der Waals surface area contributed by atoms with E-state index in [9.17, 15) is 13.2 Å². The van der Waals surface area contributed by atoms with Gasteiger partial charge in [0.05, 0.1) is 18.6 Å². The zero-order chi connectivity index (χ0) is 15.2. The number of carbonyl (C=O) groups excluding carboxylic acids is 1. The first kappa shape index (κ1) is 17.2. The Hall–Kier alpha value is -0.870. The van der Waals surface area contributed by atoms with Gasteiger partial charge in [-0.2, -0.15) is 0 Å². The first-order valence-corrected chi connectivity index (χ1v) is 8.76. The van der Waals surface area contributed by atoms with Crippen LogP contribution >= 0.6 is 22.6 Å². The van der Waals surface area contributed by atoms with Crippen LogP contribution in [0.4, 0.5) is 5.69 Å². The van der Waals surface area contributed by atoms with Crippen LogP contribution in [0, 0.1) is 3.57 Å². The Balaban J connectivity index is 2.81. The highest BCUT2D eigenvalue weighted by Crippen LogP contribution is 2.18. The fourth-order valence-electron chi connectivity index (χ4n) is 1.49. The quantitative estimate of drug-likeness (QED) is 0.532. The Morgan fingerprint density at radius 1 is 1.35 bits per heavy atom. The van der Waals surface area contributed by atoms with E-state index in [2.05, 4.69) is 27.9 Å². The maximum Gasteiger partial charge on any atom is 0.240 e. The molecule has 0 aliphatic carbocycles. The topological polar surface area (TPSA) is 75.7 Å². The van der Waals surface area contributed by atoms with Gasteiger partial charge in [-0.3, -0.25) is 9.10 Å². The summed E-state index contributed by atoms with van der Waals surface area (Å²) >= 11 is 2.13. The van der Waals surface area contributed by atoms with Gasteiger partial charge in [-0.25, -0.2) is 8.42 Å². The number of anilines is 1. The Kier molecular flexibility index (Phi) is 6.69. The van der Waals surface area contributed by atoms with Crippen LogP contribution in [0.25, 0.3) is 0 Å². The van der Waals surface area contributed by atoms with Gasteiger partial charge in [-0.15, -0.1) is 0 Å². The molecule has 0 heterocycles. The van der Waals surface area contributed by atoms with Crippen molar-refractivity contribution in [3.8, 4) is 0 Å². The Bertz CT molecular complexity index is 545. The molecule has 8 heteroatoms. The van der Waals surface area contributed by atoms with E-state index in [-0.39, 0.29) is 12.5 Å². The van der Waals surface area contributed by atoms with Gasteiger partial charge in [0, 0.05) is 17.2 Å². The summed E-state index contributed by atoms with van der Waals surface area (Å²) in [6, 6.07) is 6.92. The van der Waals surface area contributed by atoms with Crippen molar-refractivity contribution in [2.24, 2.45) is 0 Å². The van der Waals surface area contributed by atoms with Crippen molar-refractivity contribution in [2.75, 3.05) is 37.4 Å². The van der Waals surface area contributed by atoms with Gasteiger partial charge >= 0.3 is 0 Å². The Morgan fingerprint density at radius 3 is 2.45 bits per heavy atom. The van der Waals surface area contributed by atoms with E-state index in [1.165, 1.54) is 7.11 Å². The summed E-state index contributed by atoms with van der Waals surface area (Å²) in [6.07, 6.45) is 1.08. The van der Waals surface area contributed by atoms with Gasteiger partial charge in [0.25, 0.3) is 0 Å². The van der Waals surface area contributed by atoms with Gasteiger partial charge in [0.2, 0.25) is 15.9 Å². The summed E-state index contributed by atoms with van der Waals surface area (Å²) in [7, 11) is -1.99. The third-order valence-corrected chi connectivity index (χ3v) is 4.29. The molecule has 1 aromatic carbocycles. The van der Waals surface area contributed by atoms with Gasteiger partial charge in [-0.1, -0.05) is 0 Å². The zero-order valence-corrected chi connectivity index (χ0v) is 14.3. The number of amides is 1. The second-order valence-electron chi connectivity index (χ2n) is 4.09. The van der Waals surface area contributed by atoms with Crippen molar-refractivity contribution < 1.29 is 17.9 Å². The molecule has 0 aliphatic rings. The highest BCUT2D eigenvalue weighted by molar-refractivity contribution is 14.1. The molecule has 0 saturated carbocycles. The predicted molar refractivity (Wildman–Crippen MR) is 86.2 cm³/mol. The molecule has 0 unspecified atom stereocenters. The smallest absolute Gasteiger partial charge is 0.240 e. The minimum Gasteiger partial charge on any atom is -0.383 e. The second kappa shape index (κ2) is 7.79. The van der Waals surface area contributed by atoms with E-state index < -0.39 is 10.0 Å². The van der Waals surface area contributed by atoms with Crippen LogP contribution in [0.2, 0.25) is 0 Å². The fraction of sp³-hybridized carbons (Fsp3) is 0.417. The van der Waals surface area contributed by atoms with E-state index in [1.54, 1.807) is 24.3 Å². The molecule has 1 N–H and O–H groups in total. The summed E-state index contributed by atoms with van der Waals surface area (Å²) in [6.45, 7) is 0.483. The lowest BCUT2D eigenvalue weighted by molar-refractivity contribution is -0.119. The average Bonchev–Trinajstić information content (AvgIpc) is 2.36. The molecule has 0 radical (unpaired) electrons. The molecule has 1 amide bonds. The monoisotopic (exact) mass is 412 g/mol. The molecule has 0 atom stereocenters. The summed E-state index contributed by atoms with van der Waals surface area (Å²) in [5.74, 6) is -0.369. The van der Waals surface area contributed by atoms with Crippen molar-refractivity contribution in [3.05, 3.63) is 27.8 Å². The van der Waals surface area contributed by atoms with Gasteiger partial charge in [0.1, 0.15) is 6.54 Å². The number of nitrogens with one attached hydrogen (secondary N) is 1. The molecule has 1 rings (SSSR count). The molecule has 1 aromatic rings. The van der Waals surface area contributed by atoms with E-state index >= 15 is 0 Å². The lowest BCUT2D eigenvalue weighted by Gasteiger charge is -2.21. The minimum absolute atomic E-state index is 0.247. The maximum absolute atomic E-state index is 11.8. The molecule has 0 bridgehead atoms. The van der Waals surface area contributed by atoms with E-state index in [0.717, 1.165) is 14.1 Å². The molecule has 0 aromatic heterocycles. The number of nitrogens with zero attached hydrogens (tertiary/aromatic N) is 1. The van der Waals surface area contributed by atoms with Crippen molar-refractivity contribution in [3.63, 3.8) is 0 Å². The van der Waals surface area contributed by atoms with Gasteiger partial charge in [0.15, 0.2) is 0 Å². The average molecular weight is 412 g/mol. The van der Waals surface area contributed by atoms with Crippen molar-refractivity contribution in [1.29, 1.82) is 0 Å². The number of hydrogen-bond acceptors (Lipinski definition) is 4. The number of rotatable bonds is 7. The maximum atomic E-state index is 11.8. The van der Waals surface area contributed by atoms with Crippen LogP contribution in [0.3, 0.4) is 0 Å². The fourth-order valence-corrected chi connectivity index (χ4v) is 2.70. The first-order valence-electron chi connectivity index (χ1n) is 5.83. The highest BCUT2D eigenvalue weighted by atomic mass is 127. The number of benzene rings is 1. The van der Waals surface area contributed by atoms with Gasteiger partial charge in [-0.05, 0) is 46.9 Å². The summed E-state index contributed by atoms with van der Waals surface area (Å²) < 4.78 is 30.5.